The first-order valence-electron chi connectivity index (χ1n) is 5.03. The first-order chi connectivity index (χ1) is 5.31. The van der Waals surface area contributed by atoms with Gasteiger partial charge in [0.15, 0.2) is 0 Å². The lowest BCUT2D eigenvalue weighted by atomic mass is 9.88. The summed E-state index contributed by atoms with van der Waals surface area (Å²) in [7, 11) is -0.973. The lowest BCUT2D eigenvalue weighted by Crippen LogP contribution is -2.20. The zero-order valence-corrected chi connectivity index (χ0v) is 10.2. The van der Waals surface area contributed by atoms with Crippen molar-refractivity contribution in [1.82, 2.24) is 0 Å². The molecule has 0 heterocycles. The number of rotatable bonds is 1. The highest BCUT2D eigenvalue weighted by atomic mass is 28.3. The van der Waals surface area contributed by atoms with Crippen molar-refractivity contribution in [2.24, 2.45) is 5.41 Å². The van der Waals surface area contributed by atoms with Crippen LogP contribution in [0.1, 0.15) is 33.1 Å². The third-order valence-electron chi connectivity index (χ3n) is 2.72. The summed E-state index contributed by atoms with van der Waals surface area (Å²) in [5.41, 5.74) is 4.86. The summed E-state index contributed by atoms with van der Waals surface area (Å²) in [6, 6.07) is 0. The van der Waals surface area contributed by atoms with Crippen LogP contribution in [0.5, 0.6) is 0 Å². The Balaban J connectivity index is 2.82. The molecule has 0 N–H and O–H groups in total. The second-order valence-electron chi connectivity index (χ2n) is 5.77. The molecule has 1 saturated carbocycles. The van der Waals surface area contributed by atoms with E-state index < -0.39 is 8.07 Å². The maximum absolute atomic E-state index is 2.61. The van der Waals surface area contributed by atoms with Gasteiger partial charge in [-0.3, -0.25) is 0 Å². The predicted molar refractivity (Wildman–Crippen MR) is 59.1 cm³/mol. The van der Waals surface area contributed by atoms with Gasteiger partial charge in [0.25, 0.3) is 0 Å². The van der Waals surface area contributed by atoms with E-state index in [0.717, 1.165) is 0 Å². The molecule has 1 aliphatic carbocycles. The van der Waals surface area contributed by atoms with Crippen LogP contribution in [0.3, 0.4) is 0 Å². The van der Waals surface area contributed by atoms with Crippen LogP contribution in [0.25, 0.3) is 0 Å². The molecule has 0 aromatic rings. The molecule has 0 nitrogen and oxygen atoms in total. The molecular weight excluding hydrogens is 160 g/mol. The van der Waals surface area contributed by atoms with E-state index in [2.05, 4.69) is 39.2 Å². The van der Waals surface area contributed by atoms with E-state index in [0.29, 0.717) is 5.41 Å². The summed E-state index contributed by atoms with van der Waals surface area (Å²) in [5.74, 6) is 0. The van der Waals surface area contributed by atoms with Gasteiger partial charge in [0.1, 0.15) is 0 Å². The average Bonchev–Trinajstić information content (AvgIpc) is 2.07. The van der Waals surface area contributed by atoms with Crippen molar-refractivity contribution in [2.75, 3.05) is 0 Å². The van der Waals surface area contributed by atoms with Crippen molar-refractivity contribution in [1.29, 1.82) is 0 Å². The molecule has 0 amide bonds. The van der Waals surface area contributed by atoms with Gasteiger partial charge in [-0.2, -0.15) is 0 Å². The van der Waals surface area contributed by atoms with E-state index in [-0.39, 0.29) is 0 Å². The molecule has 0 atom stereocenters. The van der Waals surface area contributed by atoms with Crippen molar-refractivity contribution in [3.05, 3.63) is 11.3 Å². The fourth-order valence-corrected chi connectivity index (χ4v) is 3.59. The van der Waals surface area contributed by atoms with E-state index in [1.54, 1.807) is 5.57 Å². The van der Waals surface area contributed by atoms with Crippen LogP contribution in [0.4, 0.5) is 0 Å². The summed E-state index contributed by atoms with van der Waals surface area (Å²) >= 11 is 0. The molecule has 0 aromatic carbocycles. The molecule has 0 bridgehead atoms. The molecule has 0 unspecified atom stereocenters. The first-order valence-corrected chi connectivity index (χ1v) is 8.61. The number of hydrogen-bond donors (Lipinski definition) is 0. The van der Waals surface area contributed by atoms with Gasteiger partial charge < -0.3 is 0 Å². The van der Waals surface area contributed by atoms with Crippen molar-refractivity contribution in [3.8, 4) is 0 Å². The number of allylic oxidation sites excluding steroid dienone is 1. The fraction of sp³-hybridized carbons (Fsp3) is 0.818. The van der Waals surface area contributed by atoms with E-state index in [1.165, 1.54) is 19.3 Å². The summed E-state index contributed by atoms with van der Waals surface area (Å²) in [5, 5.41) is 0. The van der Waals surface area contributed by atoms with Crippen LogP contribution in [-0.4, -0.2) is 8.07 Å². The molecular formula is C11H22Si. The Labute approximate surface area is 78.1 Å². The third-order valence-corrected chi connectivity index (χ3v) is 3.94. The highest BCUT2D eigenvalue weighted by Gasteiger charge is 2.29. The van der Waals surface area contributed by atoms with Gasteiger partial charge in [0.2, 0.25) is 0 Å². The first kappa shape index (κ1) is 10.0. The lowest BCUT2D eigenvalue weighted by molar-refractivity contribution is 0.462. The molecule has 0 radical (unpaired) electrons. The molecule has 1 heteroatoms. The quantitative estimate of drug-likeness (QED) is 0.538. The molecule has 12 heavy (non-hydrogen) atoms. The van der Waals surface area contributed by atoms with Crippen LogP contribution in [0.2, 0.25) is 19.6 Å². The van der Waals surface area contributed by atoms with Gasteiger partial charge >= 0.3 is 0 Å². The Bertz CT molecular complexity index is 194. The van der Waals surface area contributed by atoms with Crippen molar-refractivity contribution < 1.29 is 0 Å². The van der Waals surface area contributed by atoms with Crippen LogP contribution in [-0.2, 0) is 0 Å². The second kappa shape index (κ2) is 3.02. The minimum absolute atomic E-state index is 0.514. The molecule has 1 rings (SSSR count). The largest absolute Gasteiger partial charge is 0.0953 e. The van der Waals surface area contributed by atoms with Crippen molar-refractivity contribution in [3.63, 3.8) is 0 Å². The van der Waals surface area contributed by atoms with E-state index in [4.69, 9.17) is 0 Å². The summed E-state index contributed by atoms with van der Waals surface area (Å²) in [6.45, 7) is 12.1. The monoisotopic (exact) mass is 182 g/mol. The van der Waals surface area contributed by atoms with E-state index in [1.807, 2.05) is 0 Å². The Hall–Kier alpha value is -0.0431. The van der Waals surface area contributed by atoms with Crippen LogP contribution in [0, 0.1) is 5.41 Å². The van der Waals surface area contributed by atoms with Gasteiger partial charge in [-0.05, 0) is 24.7 Å². The predicted octanol–water partition coefficient (Wildman–Crippen LogP) is 4.00. The minimum Gasteiger partial charge on any atom is -0.0953 e. The molecule has 0 saturated heterocycles. The molecule has 0 aromatic heterocycles. The molecule has 1 aliphatic rings. The fourth-order valence-electron chi connectivity index (χ4n) is 2.01. The Morgan fingerprint density at radius 3 is 2.17 bits per heavy atom. The molecule has 0 aliphatic heterocycles. The Morgan fingerprint density at radius 1 is 1.25 bits per heavy atom. The SMILES string of the molecule is CC1(C)CCCC1=C[Si](C)(C)C. The summed E-state index contributed by atoms with van der Waals surface area (Å²) in [4.78, 5) is 0. The number of hydrogen-bond acceptors (Lipinski definition) is 0. The normalized spacial score (nSPS) is 26.6. The molecule has 0 spiro atoms. The smallest absolute Gasteiger partial charge is 0.0686 e. The highest BCUT2D eigenvalue weighted by molar-refractivity contribution is 6.81. The van der Waals surface area contributed by atoms with Gasteiger partial charge in [0, 0.05) is 0 Å². The highest BCUT2D eigenvalue weighted by Crippen LogP contribution is 2.42. The molecule has 1 fully saturated rings. The van der Waals surface area contributed by atoms with Gasteiger partial charge in [-0.15, -0.1) is 0 Å². The topological polar surface area (TPSA) is 0 Å². The second-order valence-corrected chi connectivity index (χ2v) is 10.8. The average molecular weight is 182 g/mol. The Morgan fingerprint density at radius 2 is 1.83 bits per heavy atom. The third kappa shape index (κ3) is 2.48. The van der Waals surface area contributed by atoms with Gasteiger partial charge in [0.05, 0.1) is 8.07 Å². The van der Waals surface area contributed by atoms with Gasteiger partial charge in [-0.1, -0.05) is 44.8 Å². The summed E-state index contributed by atoms with van der Waals surface area (Å²) < 4.78 is 0. The Kier molecular flexibility index (Phi) is 2.53. The van der Waals surface area contributed by atoms with Crippen LogP contribution >= 0.6 is 0 Å². The maximum atomic E-state index is 2.61. The molecule has 70 valence electrons. The van der Waals surface area contributed by atoms with Crippen molar-refractivity contribution >= 4 is 8.07 Å². The van der Waals surface area contributed by atoms with E-state index in [9.17, 15) is 0 Å². The summed E-state index contributed by atoms with van der Waals surface area (Å²) in [6.07, 6.45) is 4.16. The minimum atomic E-state index is -0.973. The van der Waals surface area contributed by atoms with Gasteiger partial charge in [-0.25, -0.2) is 0 Å². The maximum Gasteiger partial charge on any atom is 0.0686 e. The van der Waals surface area contributed by atoms with Crippen LogP contribution in [0.15, 0.2) is 11.3 Å². The van der Waals surface area contributed by atoms with Crippen LogP contribution < -0.4 is 0 Å². The standard InChI is InChI=1S/C11H22Si/c1-11(2)8-6-7-10(11)9-12(3,4)5/h9H,6-8H2,1-5H3. The zero-order valence-electron chi connectivity index (χ0n) is 9.20. The van der Waals surface area contributed by atoms with Crippen molar-refractivity contribution in [2.45, 2.75) is 52.8 Å². The zero-order chi connectivity index (χ0) is 9.41. The van der Waals surface area contributed by atoms with E-state index >= 15 is 0 Å². The lowest BCUT2D eigenvalue weighted by Gasteiger charge is -2.23.